The largest absolute Gasteiger partial charge is 0.493 e. The zero-order chi connectivity index (χ0) is 20.9. The third-order valence-corrected chi connectivity index (χ3v) is 5.38. The second kappa shape index (κ2) is 9.24. The Labute approximate surface area is 184 Å². The first-order chi connectivity index (χ1) is 14.7. The molecule has 1 N–H and O–H groups in total. The Morgan fingerprint density at radius 1 is 0.833 bits per heavy atom. The summed E-state index contributed by atoms with van der Waals surface area (Å²) in [6.07, 6.45) is 0. The SMILES string of the molecule is COc1cc2nc(-c3ccc(Br)cc3)nc(CNCc3ccccc3)c2cc1OC. The van der Waals surface area contributed by atoms with E-state index in [1.807, 2.05) is 54.6 Å². The third-order valence-electron chi connectivity index (χ3n) is 4.85. The highest BCUT2D eigenvalue weighted by atomic mass is 79.9. The van der Waals surface area contributed by atoms with Crippen molar-refractivity contribution in [2.45, 2.75) is 13.1 Å². The van der Waals surface area contributed by atoms with Crippen LogP contribution in [-0.4, -0.2) is 24.2 Å². The van der Waals surface area contributed by atoms with E-state index in [4.69, 9.17) is 19.4 Å². The van der Waals surface area contributed by atoms with E-state index in [9.17, 15) is 0 Å². The molecule has 0 radical (unpaired) electrons. The number of benzene rings is 3. The lowest BCUT2D eigenvalue weighted by atomic mass is 10.1. The molecule has 0 aliphatic heterocycles. The summed E-state index contributed by atoms with van der Waals surface area (Å²) in [5.41, 5.74) is 3.91. The molecule has 1 aromatic heterocycles. The molecule has 0 amide bonds. The smallest absolute Gasteiger partial charge is 0.162 e. The summed E-state index contributed by atoms with van der Waals surface area (Å²) < 4.78 is 12.0. The highest BCUT2D eigenvalue weighted by Crippen LogP contribution is 2.33. The number of nitrogens with one attached hydrogen (secondary N) is 1. The lowest BCUT2D eigenvalue weighted by Gasteiger charge is -2.13. The van der Waals surface area contributed by atoms with Crippen LogP contribution in [0, 0.1) is 0 Å². The van der Waals surface area contributed by atoms with Crippen molar-refractivity contribution < 1.29 is 9.47 Å². The van der Waals surface area contributed by atoms with Crippen LogP contribution >= 0.6 is 15.9 Å². The first-order valence-electron chi connectivity index (χ1n) is 9.61. The molecule has 5 nitrogen and oxygen atoms in total. The highest BCUT2D eigenvalue weighted by molar-refractivity contribution is 9.10. The van der Waals surface area contributed by atoms with Crippen LogP contribution < -0.4 is 14.8 Å². The van der Waals surface area contributed by atoms with Crippen LogP contribution in [0.4, 0.5) is 0 Å². The molecule has 152 valence electrons. The second-order valence-corrected chi connectivity index (χ2v) is 7.73. The van der Waals surface area contributed by atoms with Crippen LogP contribution in [0.25, 0.3) is 22.3 Å². The van der Waals surface area contributed by atoms with Crippen LogP contribution in [0.1, 0.15) is 11.3 Å². The quantitative estimate of drug-likeness (QED) is 0.399. The molecule has 0 saturated carbocycles. The van der Waals surface area contributed by atoms with Crippen molar-refractivity contribution in [2.24, 2.45) is 0 Å². The number of rotatable bonds is 7. The van der Waals surface area contributed by atoms with Crippen molar-refractivity contribution in [2.75, 3.05) is 14.2 Å². The molecule has 0 aliphatic rings. The fourth-order valence-electron chi connectivity index (χ4n) is 3.30. The van der Waals surface area contributed by atoms with Gasteiger partial charge in [0.1, 0.15) is 0 Å². The van der Waals surface area contributed by atoms with E-state index < -0.39 is 0 Å². The second-order valence-electron chi connectivity index (χ2n) is 6.81. The minimum absolute atomic E-state index is 0.604. The predicted octanol–water partition coefficient (Wildman–Crippen LogP) is 5.37. The number of fused-ring (bicyclic) bond motifs is 1. The minimum Gasteiger partial charge on any atom is -0.493 e. The van der Waals surface area contributed by atoms with Crippen molar-refractivity contribution >= 4 is 26.8 Å². The van der Waals surface area contributed by atoms with E-state index >= 15 is 0 Å². The number of hydrogen-bond acceptors (Lipinski definition) is 5. The van der Waals surface area contributed by atoms with Gasteiger partial charge in [-0.05, 0) is 23.8 Å². The van der Waals surface area contributed by atoms with Crippen LogP contribution in [-0.2, 0) is 13.1 Å². The summed E-state index contributed by atoms with van der Waals surface area (Å²) in [5.74, 6) is 1.99. The van der Waals surface area contributed by atoms with Crippen LogP contribution in [0.3, 0.4) is 0 Å². The molecule has 0 spiro atoms. The number of hydrogen-bond donors (Lipinski definition) is 1. The Morgan fingerprint density at radius 2 is 1.53 bits per heavy atom. The standard InChI is InChI=1S/C24H22BrN3O2/c1-29-22-12-19-20(13-23(22)30-2)27-24(17-8-10-18(25)11-9-17)28-21(19)15-26-14-16-6-4-3-5-7-16/h3-13,26H,14-15H2,1-2H3. The third kappa shape index (κ3) is 4.45. The van der Waals surface area contributed by atoms with Gasteiger partial charge in [-0.25, -0.2) is 9.97 Å². The molecule has 3 aromatic carbocycles. The van der Waals surface area contributed by atoms with E-state index in [2.05, 4.69) is 33.4 Å². The molecule has 0 atom stereocenters. The van der Waals surface area contributed by atoms with Crippen LogP contribution in [0.2, 0.25) is 0 Å². The Balaban J connectivity index is 1.74. The van der Waals surface area contributed by atoms with E-state index in [1.54, 1.807) is 14.2 Å². The van der Waals surface area contributed by atoms with Gasteiger partial charge in [0.2, 0.25) is 0 Å². The maximum absolute atomic E-state index is 5.49. The molecule has 0 saturated heterocycles. The Bertz CT molecular complexity index is 1150. The van der Waals surface area contributed by atoms with Crippen molar-refractivity contribution in [3.05, 3.63) is 82.5 Å². The lowest BCUT2D eigenvalue weighted by molar-refractivity contribution is 0.355. The molecule has 0 fully saturated rings. The summed E-state index contributed by atoms with van der Waals surface area (Å²) in [7, 11) is 3.26. The topological polar surface area (TPSA) is 56.3 Å². The molecule has 1 heterocycles. The van der Waals surface area contributed by atoms with Gasteiger partial charge in [0, 0.05) is 34.6 Å². The van der Waals surface area contributed by atoms with Gasteiger partial charge in [0.25, 0.3) is 0 Å². The molecule has 0 bridgehead atoms. The van der Waals surface area contributed by atoms with Gasteiger partial charge in [-0.1, -0.05) is 58.4 Å². The average molecular weight is 464 g/mol. The summed E-state index contributed by atoms with van der Waals surface area (Å²) in [6.45, 7) is 1.36. The van der Waals surface area contributed by atoms with Gasteiger partial charge in [-0.15, -0.1) is 0 Å². The molecular formula is C24H22BrN3O2. The monoisotopic (exact) mass is 463 g/mol. The molecule has 4 rings (SSSR count). The van der Waals surface area contributed by atoms with E-state index in [-0.39, 0.29) is 0 Å². The zero-order valence-corrected chi connectivity index (χ0v) is 18.4. The van der Waals surface area contributed by atoms with Gasteiger partial charge in [0.05, 0.1) is 25.4 Å². The minimum atomic E-state index is 0.604. The lowest BCUT2D eigenvalue weighted by Crippen LogP contribution is -2.14. The van der Waals surface area contributed by atoms with E-state index in [0.29, 0.717) is 23.9 Å². The fourth-order valence-corrected chi connectivity index (χ4v) is 3.57. The first-order valence-corrected chi connectivity index (χ1v) is 10.4. The molecular weight excluding hydrogens is 442 g/mol. The van der Waals surface area contributed by atoms with Gasteiger partial charge < -0.3 is 14.8 Å². The maximum Gasteiger partial charge on any atom is 0.162 e. The van der Waals surface area contributed by atoms with Crippen molar-refractivity contribution in [3.8, 4) is 22.9 Å². The molecule has 6 heteroatoms. The molecule has 0 unspecified atom stereocenters. The van der Waals surface area contributed by atoms with Gasteiger partial charge in [0.15, 0.2) is 17.3 Å². The summed E-state index contributed by atoms with van der Waals surface area (Å²) in [5, 5.41) is 4.43. The Kier molecular flexibility index (Phi) is 6.26. The number of ether oxygens (including phenoxy) is 2. The summed E-state index contributed by atoms with van der Waals surface area (Å²) >= 11 is 3.48. The van der Waals surface area contributed by atoms with E-state index in [1.165, 1.54) is 5.56 Å². The van der Waals surface area contributed by atoms with Crippen LogP contribution in [0.5, 0.6) is 11.5 Å². The normalized spacial score (nSPS) is 10.9. The van der Waals surface area contributed by atoms with Crippen LogP contribution in [0.15, 0.2) is 71.2 Å². The number of aromatic nitrogens is 2. The predicted molar refractivity (Wildman–Crippen MR) is 123 cm³/mol. The molecule has 0 aliphatic carbocycles. The van der Waals surface area contributed by atoms with E-state index in [0.717, 1.165) is 33.2 Å². The Hall–Kier alpha value is -2.96. The number of nitrogens with zero attached hydrogens (tertiary/aromatic N) is 2. The number of methoxy groups -OCH3 is 2. The van der Waals surface area contributed by atoms with Crippen molar-refractivity contribution in [3.63, 3.8) is 0 Å². The number of halogens is 1. The summed E-state index contributed by atoms with van der Waals surface area (Å²) in [6, 6.07) is 22.2. The van der Waals surface area contributed by atoms with Gasteiger partial charge >= 0.3 is 0 Å². The molecule has 30 heavy (non-hydrogen) atoms. The van der Waals surface area contributed by atoms with Gasteiger partial charge in [-0.2, -0.15) is 0 Å². The summed E-state index contributed by atoms with van der Waals surface area (Å²) in [4.78, 5) is 9.67. The molecule has 4 aromatic rings. The van der Waals surface area contributed by atoms with Crippen molar-refractivity contribution in [1.82, 2.24) is 15.3 Å². The van der Waals surface area contributed by atoms with Crippen molar-refractivity contribution in [1.29, 1.82) is 0 Å². The fraction of sp³-hybridized carbons (Fsp3) is 0.167. The maximum atomic E-state index is 5.49. The zero-order valence-electron chi connectivity index (χ0n) is 16.9. The van der Waals surface area contributed by atoms with Gasteiger partial charge in [-0.3, -0.25) is 0 Å². The first kappa shape index (κ1) is 20.3. The Morgan fingerprint density at radius 3 is 2.23 bits per heavy atom. The average Bonchev–Trinajstić information content (AvgIpc) is 2.79. The highest BCUT2D eigenvalue weighted by Gasteiger charge is 2.14.